The van der Waals surface area contributed by atoms with Crippen molar-refractivity contribution in [3.05, 3.63) is 11.8 Å². The first kappa shape index (κ1) is 14.3. The second kappa shape index (κ2) is 4.49. The Morgan fingerprint density at radius 1 is 1.41 bits per heavy atom. The van der Waals surface area contributed by atoms with E-state index >= 15 is 0 Å². The first-order valence-electron chi connectivity index (χ1n) is 4.87. The number of methoxy groups -OCH3 is 1. The van der Waals surface area contributed by atoms with E-state index in [2.05, 4.69) is 4.18 Å². The zero-order valence-electron chi connectivity index (χ0n) is 9.37. The summed E-state index contributed by atoms with van der Waals surface area (Å²) in [5, 5.41) is 0. The van der Waals surface area contributed by atoms with Crippen molar-refractivity contribution in [2.75, 3.05) is 7.11 Å². The van der Waals surface area contributed by atoms with Crippen molar-refractivity contribution in [3.63, 3.8) is 0 Å². The second-order valence-electron chi connectivity index (χ2n) is 3.80. The molecule has 0 amide bonds. The maximum atomic E-state index is 12.1. The Morgan fingerprint density at radius 3 is 2.24 bits per heavy atom. The molecule has 0 atom stereocenters. The van der Waals surface area contributed by atoms with E-state index < -0.39 is 21.2 Å². The van der Waals surface area contributed by atoms with Crippen LogP contribution in [0.2, 0.25) is 0 Å². The minimum Gasteiger partial charge on any atom is -0.381 e. The Hall–Kier alpha value is -0.760. The fourth-order valence-corrected chi connectivity index (χ4v) is 1.81. The number of allylic oxidation sites excluding steroid dienone is 1. The maximum Gasteiger partial charge on any atom is 0.534 e. The molecule has 1 aliphatic carbocycles. The van der Waals surface area contributed by atoms with E-state index in [0.717, 1.165) is 0 Å². The average Bonchev–Trinajstić information content (AvgIpc) is 2.95. The smallest absolute Gasteiger partial charge is 0.381 e. The predicted octanol–water partition coefficient (Wildman–Crippen LogP) is 2.33. The van der Waals surface area contributed by atoms with Gasteiger partial charge in [-0.25, -0.2) is 0 Å². The third-order valence-electron chi connectivity index (χ3n) is 2.56. The summed E-state index contributed by atoms with van der Waals surface area (Å²) < 4.78 is 67.0. The van der Waals surface area contributed by atoms with E-state index in [-0.39, 0.29) is 12.2 Å². The molecule has 0 aliphatic heterocycles. The van der Waals surface area contributed by atoms with E-state index in [1.165, 1.54) is 20.1 Å². The fourth-order valence-electron chi connectivity index (χ4n) is 1.28. The summed E-state index contributed by atoms with van der Waals surface area (Å²) in [5.41, 5.74) is -5.98. The Morgan fingerprint density at radius 2 is 1.94 bits per heavy atom. The summed E-state index contributed by atoms with van der Waals surface area (Å²) in [7, 11) is -4.16. The molecule has 0 aromatic heterocycles. The van der Waals surface area contributed by atoms with Crippen molar-refractivity contribution < 1.29 is 30.5 Å². The zero-order valence-corrected chi connectivity index (χ0v) is 10.2. The number of alkyl halides is 3. The van der Waals surface area contributed by atoms with Gasteiger partial charge >= 0.3 is 15.6 Å². The highest BCUT2D eigenvalue weighted by atomic mass is 32.2. The summed E-state index contributed by atoms with van der Waals surface area (Å²) in [4.78, 5) is 0. The number of halogens is 3. The van der Waals surface area contributed by atoms with Gasteiger partial charge in [0.15, 0.2) is 0 Å². The molecule has 100 valence electrons. The summed E-state index contributed by atoms with van der Waals surface area (Å²) >= 11 is 0. The van der Waals surface area contributed by atoms with Gasteiger partial charge in [-0.05, 0) is 25.8 Å². The number of ether oxygens (including phenoxy) is 1. The van der Waals surface area contributed by atoms with Crippen LogP contribution in [0.1, 0.15) is 26.2 Å². The molecule has 0 radical (unpaired) electrons. The first-order valence-corrected chi connectivity index (χ1v) is 6.28. The summed E-state index contributed by atoms with van der Waals surface area (Å²) in [6, 6.07) is 0. The van der Waals surface area contributed by atoms with E-state index in [1.807, 2.05) is 0 Å². The molecule has 0 aromatic rings. The van der Waals surface area contributed by atoms with Crippen LogP contribution >= 0.6 is 0 Å². The molecule has 8 heteroatoms. The van der Waals surface area contributed by atoms with Crippen LogP contribution in [0.15, 0.2) is 11.8 Å². The third-order valence-corrected chi connectivity index (χ3v) is 3.56. The molecule has 4 nitrogen and oxygen atoms in total. The standard InChI is InChI=1S/C9H13F3O4S/c1-3-7(6-8(15-2)4-5-8)16-17(13,14)9(10,11)12/h3H,4-6H2,1-2H3/b7-3+. The molecule has 0 saturated heterocycles. The average molecular weight is 274 g/mol. The van der Waals surface area contributed by atoms with Gasteiger partial charge < -0.3 is 8.92 Å². The van der Waals surface area contributed by atoms with Gasteiger partial charge in [-0.2, -0.15) is 21.6 Å². The highest BCUT2D eigenvalue weighted by Gasteiger charge is 2.50. The Kier molecular flexibility index (Phi) is 3.78. The zero-order chi connectivity index (χ0) is 13.3. The number of hydrogen-bond acceptors (Lipinski definition) is 4. The van der Waals surface area contributed by atoms with Gasteiger partial charge in [-0.3, -0.25) is 0 Å². The van der Waals surface area contributed by atoms with Gasteiger partial charge in [0.2, 0.25) is 0 Å². The van der Waals surface area contributed by atoms with Crippen LogP contribution < -0.4 is 0 Å². The molecule has 17 heavy (non-hydrogen) atoms. The molecule has 1 aliphatic rings. The van der Waals surface area contributed by atoms with E-state index in [0.29, 0.717) is 12.8 Å². The minimum atomic E-state index is -5.59. The molecule has 0 spiro atoms. The van der Waals surface area contributed by atoms with Gasteiger partial charge in [-0.15, -0.1) is 0 Å². The van der Waals surface area contributed by atoms with Crippen LogP contribution in [0.5, 0.6) is 0 Å². The van der Waals surface area contributed by atoms with Gasteiger partial charge in [0.05, 0.1) is 5.60 Å². The topological polar surface area (TPSA) is 52.6 Å². The molecular formula is C9H13F3O4S. The Labute approximate surface area is 97.5 Å². The highest BCUT2D eigenvalue weighted by molar-refractivity contribution is 7.87. The molecule has 0 heterocycles. The molecule has 0 bridgehead atoms. The van der Waals surface area contributed by atoms with Crippen LogP contribution in [0, 0.1) is 0 Å². The lowest BCUT2D eigenvalue weighted by Crippen LogP contribution is -2.26. The van der Waals surface area contributed by atoms with Gasteiger partial charge in [-0.1, -0.05) is 0 Å². The van der Waals surface area contributed by atoms with Crippen molar-refractivity contribution in [1.82, 2.24) is 0 Å². The number of rotatable bonds is 5. The summed E-state index contributed by atoms with van der Waals surface area (Å²) in [5.74, 6) is -0.248. The third kappa shape index (κ3) is 3.35. The number of hydrogen-bond donors (Lipinski definition) is 0. The lowest BCUT2D eigenvalue weighted by molar-refractivity contribution is -0.0528. The van der Waals surface area contributed by atoms with Crippen molar-refractivity contribution in [3.8, 4) is 0 Å². The lowest BCUT2D eigenvalue weighted by atomic mass is 10.2. The van der Waals surface area contributed by atoms with Gasteiger partial charge in [0.25, 0.3) is 0 Å². The molecule has 1 rings (SSSR count). The molecular weight excluding hydrogens is 261 g/mol. The minimum absolute atomic E-state index is 0.0231. The molecule has 0 unspecified atom stereocenters. The van der Waals surface area contributed by atoms with Gasteiger partial charge in [0.1, 0.15) is 5.76 Å². The largest absolute Gasteiger partial charge is 0.534 e. The van der Waals surface area contributed by atoms with Crippen molar-refractivity contribution in [2.24, 2.45) is 0 Å². The lowest BCUT2D eigenvalue weighted by Gasteiger charge is -2.17. The fraction of sp³-hybridized carbons (Fsp3) is 0.778. The van der Waals surface area contributed by atoms with Gasteiger partial charge in [0, 0.05) is 13.5 Å². The summed E-state index contributed by atoms with van der Waals surface area (Å²) in [6.45, 7) is 1.41. The normalized spacial score (nSPS) is 20.2. The molecule has 1 fully saturated rings. The van der Waals surface area contributed by atoms with Crippen LogP contribution in [0.3, 0.4) is 0 Å². The van der Waals surface area contributed by atoms with E-state index in [4.69, 9.17) is 4.74 Å². The highest BCUT2D eigenvalue weighted by Crippen LogP contribution is 2.44. The van der Waals surface area contributed by atoms with Crippen molar-refractivity contribution in [2.45, 2.75) is 37.3 Å². The van der Waals surface area contributed by atoms with Crippen molar-refractivity contribution >= 4 is 10.1 Å². The van der Waals surface area contributed by atoms with Crippen LogP contribution in [0.25, 0.3) is 0 Å². The quantitative estimate of drug-likeness (QED) is 0.438. The Balaban J connectivity index is 2.73. The summed E-state index contributed by atoms with van der Waals surface area (Å²) in [6.07, 6.45) is 2.57. The van der Waals surface area contributed by atoms with E-state index in [1.54, 1.807) is 0 Å². The van der Waals surface area contributed by atoms with Crippen LogP contribution in [-0.2, 0) is 19.0 Å². The van der Waals surface area contributed by atoms with Crippen LogP contribution in [0.4, 0.5) is 13.2 Å². The maximum absolute atomic E-state index is 12.1. The SMILES string of the molecule is C/C=C(\CC1(OC)CC1)OS(=O)(=O)C(F)(F)F. The van der Waals surface area contributed by atoms with Crippen LogP contribution in [-0.4, -0.2) is 26.6 Å². The van der Waals surface area contributed by atoms with E-state index in [9.17, 15) is 21.6 Å². The molecule has 1 saturated carbocycles. The monoisotopic (exact) mass is 274 g/mol. The first-order chi connectivity index (χ1) is 7.66. The molecule has 0 aromatic carbocycles. The van der Waals surface area contributed by atoms with Crippen molar-refractivity contribution in [1.29, 1.82) is 0 Å². The Bertz CT molecular complexity index is 406. The molecule has 0 N–H and O–H groups in total. The second-order valence-corrected chi connectivity index (χ2v) is 5.34. The predicted molar refractivity (Wildman–Crippen MR) is 53.4 cm³/mol.